The van der Waals surface area contributed by atoms with Crippen LogP contribution < -0.4 is 5.46 Å². The van der Waals surface area contributed by atoms with Crippen LogP contribution >= 0.6 is 0 Å². The van der Waals surface area contributed by atoms with E-state index in [-0.39, 0.29) is 18.3 Å². The summed E-state index contributed by atoms with van der Waals surface area (Å²) in [6.45, 7) is 8.32. The van der Waals surface area contributed by atoms with Gasteiger partial charge in [0, 0.05) is 22.4 Å². The molecule has 4 heteroatoms. The zero-order chi connectivity index (χ0) is 18.8. The van der Waals surface area contributed by atoms with Crippen LogP contribution in [0.4, 0.5) is 0 Å². The number of pyridine rings is 1. The van der Waals surface area contributed by atoms with Crippen LogP contribution in [0.15, 0.2) is 60.8 Å². The number of nitrogens with zero attached hydrogens (tertiary/aromatic N) is 1. The van der Waals surface area contributed by atoms with Gasteiger partial charge in [-0.15, -0.1) is 0 Å². The summed E-state index contributed by atoms with van der Waals surface area (Å²) in [5, 5.41) is 5.86. The van der Waals surface area contributed by atoms with E-state index in [4.69, 9.17) is 14.3 Å². The molecule has 3 aromatic carbocycles. The van der Waals surface area contributed by atoms with Crippen molar-refractivity contribution in [3.8, 4) is 0 Å². The third kappa shape index (κ3) is 2.48. The first kappa shape index (κ1) is 16.7. The van der Waals surface area contributed by atoms with Crippen molar-refractivity contribution in [2.24, 2.45) is 0 Å². The van der Waals surface area contributed by atoms with Gasteiger partial charge in [0.1, 0.15) is 0 Å². The Kier molecular flexibility index (Phi) is 3.43. The number of hydrogen-bond donors (Lipinski definition) is 0. The largest absolute Gasteiger partial charge is 0.494 e. The Morgan fingerprint density at radius 3 is 2.22 bits per heavy atom. The molecule has 1 aliphatic heterocycles. The standard InChI is InChI=1S/C23H22BNO2/c1-22(2)23(3,4)27-24(26-22)17-11-9-15-10-12-19-18-8-6-5-7-16(18)14-25-21(19)20(15)13-17/h5-14H,1-4H3. The second kappa shape index (κ2) is 5.54. The molecule has 5 rings (SSSR count). The number of aromatic nitrogens is 1. The fraction of sp³-hybridized carbons (Fsp3) is 0.261. The molecule has 1 saturated heterocycles. The van der Waals surface area contributed by atoms with E-state index in [1.54, 1.807) is 0 Å². The summed E-state index contributed by atoms with van der Waals surface area (Å²) in [6.07, 6.45) is 1.96. The van der Waals surface area contributed by atoms with Crippen LogP contribution in [0.2, 0.25) is 0 Å². The second-order valence-corrected chi connectivity index (χ2v) is 8.38. The van der Waals surface area contributed by atoms with Crippen molar-refractivity contribution in [3.05, 3.63) is 60.8 Å². The van der Waals surface area contributed by atoms with Gasteiger partial charge in [-0.05, 0) is 43.9 Å². The van der Waals surface area contributed by atoms with Crippen molar-refractivity contribution >= 4 is 45.0 Å². The summed E-state index contributed by atoms with van der Waals surface area (Å²) in [5.41, 5.74) is 1.35. The van der Waals surface area contributed by atoms with Crippen LogP contribution in [0.5, 0.6) is 0 Å². The highest BCUT2D eigenvalue weighted by Gasteiger charge is 2.51. The molecule has 0 bridgehead atoms. The molecule has 0 radical (unpaired) electrons. The molecule has 0 amide bonds. The van der Waals surface area contributed by atoms with Gasteiger partial charge in [-0.2, -0.15) is 0 Å². The fourth-order valence-corrected chi connectivity index (χ4v) is 3.79. The van der Waals surface area contributed by atoms with Crippen LogP contribution in [0.1, 0.15) is 27.7 Å². The molecule has 1 aromatic heterocycles. The summed E-state index contributed by atoms with van der Waals surface area (Å²) >= 11 is 0. The molecule has 4 aromatic rings. The first-order valence-electron chi connectivity index (χ1n) is 9.41. The van der Waals surface area contributed by atoms with Gasteiger partial charge >= 0.3 is 7.12 Å². The molecule has 27 heavy (non-hydrogen) atoms. The van der Waals surface area contributed by atoms with E-state index >= 15 is 0 Å². The van der Waals surface area contributed by atoms with Gasteiger partial charge in [0.15, 0.2) is 0 Å². The Hall–Kier alpha value is -2.43. The third-order valence-corrected chi connectivity index (χ3v) is 6.13. The molecule has 3 nitrogen and oxygen atoms in total. The third-order valence-electron chi connectivity index (χ3n) is 6.13. The minimum atomic E-state index is -0.366. The minimum absolute atomic E-state index is 0.347. The lowest BCUT2D eigenvalue weighted by atomic mass is 9.78. The van der Waals surface area contributed by atoms with Crippen LogP contribution in [-0.4, -0.2) is 23.3 Å². The molecule has 0 N–H and O–H groups in total. The number of hydrogen-bond acceptors (Lipinski definition) is 3. The van der Waals surface area contributed by atoms with Crippen molar-refractivity contribution < 1.29 is 9.31 Å². The highest BCUT2D eigenvalue weighted by Crippen LogP contribution is 2.37. The van der Waals surface area contributed by atoms with Crippen molar-refractivity contribution in [2.75, 3.05) is 0 Å². The molecule has 2 heterocycles. The fourth-order valence-electron chi connectivity index (χ4n) is 3.79. The SMILES string of the molecule is CC1(C)OB(c2ccc3ccc4c5ccccc5cnc4c3c2)OC1(C)C. The molecular weight excluding hydrogens is 333 g/mol. The Balaban J connectivity index is 1.71. The van der Waals surface area contributed by atoms with E-state index in [2.05, 4.69) is 76.2 Å². The molecule has 0 atom stereocenters. The van der Waals surface area contributed by atoms with Crippen LogP contribution in [-0.2, 0) is 9.31 Å². The normalized spacial score (nSPS) is 18.6. The maximum absolute atomic E-state index is 6.24. The van der Waals surface area contributed by atoms with E-state index in [0.29, 0.717) is 0 Å². The average Bonchev–Trinajstić information content (AvgIpc) is 2.88. The van der Waals surface area contributed by atoms with E-state index in [1.807, 2.05) is 12.3 Å². The Morgan fingerprint density at radius 2 is 1.44 bits per heavy atom. The molecule has 0 unspecified atom stereocenters. The van der Waals surface area contributed by atoms with Gasteiger partial charge in [-0.1, -0.05) is 54.6 Å². The van der Waals surface area contributed by atoms with E-state index in [1.165, 1.54) is 16.2 Å². The van der Waals surface area contributed by atoms with Gasteiger partial charge in [-0.3, -0.25) is 4.98 Å². The van der Waals surface area contributed by atoms with E-state index in [9.17, 15) is 0 Å². The number of rotatable bonds is 1. The van der Waals surface area contributed by atoms with Crippen LogP contribution in [0, 0.1) is 0 Å². The number of benzene rings is 3. The lowest BCUT2D eigenvalue weighted by Crippen LogP contribution is -2.41. The topological polar surface area (TPSA) is 31.4 Å². The quantitative estimate of drug-likeness (QED) is 0.362. The molecular formula is C23H22BNO2. The van der Waals surface area contributed by atoms with Gasteiger partial charge < -0.3 is 9.31 Å². The zero-order valence-electron chi connectivity index (χ0n) is 16.1. The molecule has 0 saturated carbocycles. The first-order valence-corrected chi connectivity index (χ1v) is 9.41. The van der Waals surface area contributed by atoms with Gasteiger partial charge in [0.2, 0.25) is 0 Å². The predicted octanol–water partition coefficient (Wildman–Crippen LogP) is 4.84. The molecule has 1 fully saturated rings. The molecule has 1 aliphatic rings. The lowest BCUT2D eigenvalue weighted by Gasteiger charge is -2.32. The first-order chi connectivity index (χ1) is 12.9. The monoisotopic (exact) mass is 355 g/mol. The molecule has 0 spiro atoms. The Bertz CT molecular complexity index is 1180. The van der Waals surface area contributed by atoms with Crippen molar-refractivity contribution in [1.29, 1.82) is 0 Å². The molecule has 0 aliphatic carbocycles. The smallest absolute Gasteiger partial charge is 0.399 e. The van der Waals surface area contributed by atoms with Gasteiger partial charge in [0.25, 0.3) is 0 Å². The Morgan fingerprint density at radius 1 is 0.741 bits per heavy atom. The van der Waals surface area contributed by atoms with E-state index in [0.717, 1.165) is 21.8 Å². The predicted molar refractivity (Wildman–Crippen MR) is 112 cm³/mol. The molecule has 134 valence electrons. The lowest BCUT2D eigenvalue weighted by molar-refractivity contribution is 0.00578. The van der Waals surface area contributed by atoms with Crippen LogP contribution in [0.3, 0.4) is 0 Å². The Labute approximate surface area is 159 Å². The zero-order valence-corrected chi connectivity index (χ0v) is 16.1. The minimum Gasteiger partial charge on any atom is -0.399 e. The highest BCUT2D eigenvalue weighted by atomic mass is 16.7. The summed E-state index contributed by atoms with van der Waals surface area (Å²) in [4.78, 5) is 4.78. The van der Waals surface area contributed by atoms with Gasteiger partial charge in [0.05, 0.1) is 16.7 Å². The summed E-state index contributed by atoms with van der Waals surface area (Å²) in [5.74, 6) is 0. The summed E-state index contributed by atoms with van der Waals surface area (Å²) in [6, 6.07) is 19.1. The van der Waals surface area contributed by atoms with Crippen LogP contribution in [0.25, 0.3) is 32.4 Å². The highest BCUT2D eigenvalue weighted by molar-refractivity contribution is 6.62. The summed E-state index contributed by atoms with van der Waals surface area (Å²) < 4.78 is 12.5. The maximum Gasteiger partial charge on any atom is 0.494 e. The van der Waals surface area contributed by atoms with Crippen molar-refractivity contribution in [2.45, 2.75) is 38.9 Å². The average molecular weight is 355 g/mol. The maximum atomic E-state index is 6.24. The van der Waals surface area contributed by atoms with Crippen molar-refractivity contribution in [3.63, 3.8) is 0 Å². The van der Waals surface area contributed by atoms with Gasteiger partial charge in [-0.25, -0.2) is 0 Å². The van der Waals surface area contributed by atoms with E-state index < -0.39 is 0 Å². The second-order valence-electron chi connectivity index (χ2n) is 8.38. The summed E-state index contributed by atoms with van der Waals surface area (Å²) in [7, 11) is -0.366. The van der Waals surface area contributed by atoms with Crippen molar-refractivity contribution in [1.82, 2.24) is 4.98 Å². The number of fused-ring (bicyclic) bond motifs is 5.